The highest BCUT2D eigenvalue weighted by atomic mass is 35.5. The number of amides is 1. The van der Waals surface area contributed by atoms with Crippen LogP contribution in [0.2, 0.25) is 10.0 Å². The van der Waals surface area contributed by atoms with Gasteiger partial charge in [0.1, 0.15) is 5.76 Å². The van der Waals surface area contributed by atoms with Crippen LogP contribution in [-0.2, 0) is 11.2 Å². The molecule has 1 unspecified atom stereocenters. The van der Waals surface area contributed by atoms with Crippen LogP contribution in [-0.4, -0.2) is 31.4 Å². The van der Waals surface area contributed by atoms with E-state index in [4.69, 9.17) is 27.6 Å². The van der Waals surface area contributed by atoms with Crippen LogP contribution in [0.1, 0.15) is 17.4 Å². The van der Waals surface area contributed by atoms with Crippen molar-refractivity contribution in [2.45, 2.75) is 12.5 Å². The van der Waals surface area contributed by atoms with Crippen LogP contribution in [0.4, 0.5) is 0 Å². The van der Waals surface area contributed by atoms with Crippen molar-refractivity contribution in [1.29, 1.82) is 0 Å². The molecule has 0 aliphatic rings. The fourth-order valence-corrected chi connectivity index (χ4v) is 2.45. The lowest BCUT2D eigenvalue weighted by atomic mass is 10.1. The maximum Gasteiger partial charge on any atom is 0.224 e. The first-order chi connectivity index (χ1) is 10.5. The fraction of sp³-hybridized carbons (Fsp3) is 0.312. The van der Waals surface area contributed by atoms with Gasteiger partial charge in [-0.05, 0) is 43.9 Å². The Kier molecular flexibility index (Phi) is 5.89. The lowest BCUT2D eigenvalue weighted by Gasteiger charge is -2.22. The van der Waals surface area contributed by atoms with E-state index in [1.165, 1.54) is 0 Å². The molecule has 1 aromatic heterocycles. The Morgan fingerprint density at radius 2 is 2.05 bits per heavy atom. The first-order valence-corrected chi connectivity index (χ1v) is 7.63. The minimum Gasteiger partial charge on any atom is -0.468 e. The second kappa shape index (κ2) is 7.68. The van der Waals surface area contributed by atoms with Gasteiger partial charge in [-0.2, -0.15) is 0 Å². The van der Waals surface area contributed by atoms with Crippen LogP contribution in [0.25, 0.3) is 0 Å². The second-order valence-corrected chi connectivity index (χ2v) is 6.04. The summed E-state index contributed by atoms with van der Waals surface area (Å²) >= 11 is 11.8. The third-order valence-corrected chi connectivity index (χ3v) is 4.08. The van der Waals surface area contributed by atoms with Gasteiger partial charge in [0.2, 0.25) is 5.91 Å². The SMILES string of the molecule is CN(C)C(CNC(=O)Cc1ccc(Cl)c(Cl)c1)c1ccco1. The third-order valence-electron chi connectivity index (χ3n) is 3.34. The number of rotatable bonds is 6. The summed E-state index contributed by atoms with van der Waals surface area (Å²) in [5.74, 6) is 0.747. The Labute approximate surface area is 140 Å². The highest BCUT2D eigenvalue weighted by molar-refractivity contribution is 6.42. The number of nitrogens with zero attached hydrogens (tertiary/aromatic N) is 1. The van der Waals surface area contributed by atoms with Gasteiger partial charge in [-0.1, -0.05) is 29.3 Å². The van der Waals surface area contributed by atoms with E-state index >= 15 is 0 Å². The number of nitrogens with one attached hydrogen (secondary N) is 1. The van der Waals surface area contributed by atoms with Gasteiger partial charge in [-0.3, -0.25) is 9.69 Å². The quantitative estimate of drug-likeness (QED) is 0.874. The van der Waals surface area contributed by atoms with Crippen LogP contribution in [0.3, 0.4) is 0 Å². The lowest BCUT2D eigenvalue weighted by Crippen LogP contribution is -2.35. The summed E-state index contributed by atoms with van der Waals surface area (Å²) in [5.41, 5.74) is 0.825. The molecule has 0 saturated carbocycles. The van der Waals surface area contributed by atoms with Crippen molar-refractivity contribution in [3.63, 3.8) is 0 Å². The standard InChI is InChI=1S/C16H18Cl2N2O2/c1-20(2)14(15-4-3-7-22-15)10-19-16(21)9-11-5-6-12(17)13(18)8-11/h3-8,14H,9-10H2,1-2H3,(H,19,21). The van der Waals surface area contributed by atoms with Gasteiger partial charge >= 0.3 is 0 Å². The van der Waals surface area contributed by atoms with E-state index in [1.807, 2.05) is 31.1 Å². The predicted molar refractivity (Wildman–Crippen MR) is 88.3 cm³/mol. The first kappa shape index (κ1) is 16.9. The molecule has 0 spiro atoms. The monoisotopic (exact) mass is 340 g/mol. The molecule has 1 aromatic carbocycles. The molecule has 0 saturated heterocycles. The molecule has 0 aliphatic carbocycles. The molecule has 0 bridgehead atoms. The van der Waals surface area contributed by atoms with Gasteiger partial charge in [-0.25, -0.2) is 0 Å². The Hall–Kier alpha value is -1.49. The second-order valence-electron chi connectivity index (χ2n) is 5.22. The number of hydrogen-bond acceptors (Lipinski definition) is 3. The third kappa shape index (κ3) is 4.50. The van der Waals surface area contributed by atoms with Crippen molar-refractivity contribution in [3.05, 3.63) is 58.0 Å². The summed E-state index contributed by atoms with van der Waals surface area (Å²) in [6.07, 6.45) is 1.89. The van der Waals surface area contributed by atoms with Gasteiger partial charge in [0.15, 0.2) is 0 Å². The smallest absolute Gasteiger partial charge is 0.224 e. The van der Waals surface area contributed by atoms with E-state index in [-0.39, 0.29) is 18.4 Å². The fourth-order valence-electron chi connectivity index (χ4n) is 2.13. The van der Waals surface area contributed by atoms with Crippen LogP contribution in [0.15, 0.2) is 41.0 Å². The lowest BCUT2D eigenvalue weighted by molar-refractivity contribution is -0.120. The minimum absolute atomic E-state index is 0.00671. The maximum atomic E-state index is 12.1. The van der Waals surface area contributed by atoms with Gasteiger partial charge in [0.05, 0.1) is 28.8 Å². The molecule has 118 valence electrons. The van der Waals surface area contributed by atoms with Crippen molar-refractivity contribution in [1.82, 2.24) is 10.2 Å². The number of furan rings is 1. The number of carbonyl (C=O) groups excluding carboxylic acids is 1. The number of likely N-dealkylation sites (N-methyl/N-ethyl adjacent to an activating group) is 1. The molecule has 1 atom stereocenters. The molecule has 4 nitrogen and oxygen atoms in total. The number of hydrogen-bond donors (Lipinski definition) is 1. The molecule has 1 N–H and O–H groups in total. The van der Waals surface area contributed by atoms with Crippen molar-refractivity contribution < 1.29 is 9.21 Å². The number of carbonyl (C=O) groups is 1. The normalized spacial score (nSPS) is 12.4. The number of halogens is 2. The zero-order chi connectivity index (χ0) is 16.1. The summed E-state index contributed by atoms with van der Waals surface area (Å²) in [6.45, 7) is 0.473. The molecule has 2 aromatic rings. The average Bonchev–Trinajstić information content (AvgIpc) is 2.97. The van der Waals surface area contributed by atoms with Crippen molar-refractivity contribution in [2.24, 2.45) is 0 Å². The Morgan fingerprint density at radius 1 is 1.27 bits per heavy atom. The minimum atomic E-state index is -0.0724. The number of benzene rings is 1. The molecular weight excluding hydrogens is 323 g/mol. The Bertz CT molecular complexity index is 627. The van der Waals surface area contributed by atoms with E-state index in [1.54, 1.807) is 24.5 Å². The van der Waals surface area contributed by atoms with E-state index in [9.17, 15) is 4.79 Å². The van der Waals surface area contributed by atoms with Crippen molar-refractivity contribution in [3.8, 4) is 0 Å². The van der Waals surface area contributed by atoms with Crippen LogP contribution in [0.5, 0.6) is 0 Å². The van der Waals surface area contributed by atoms with E-state index in [0.29, 0.717) is 16.6 Å². The van der Waals surface area contributed by atoms with E-state index < -0.39 is 0 Å². The molecule has 6 heteroatoms. The van der Waals surface area contributed by atoms with Gasteiger partial charge in [0.25, 0.3) is 0 Å². The summed E-state index contributed by atoms with van der Waals surface area (Å²) in [7, 11) is 3.89. The average molecular weight is 341 g/mol. The highest BCUT2D eigenvalue weighted by Crippen LogP contribution is 2.23. The molecule has 0 aliphatic heterocycles. The van der Waals surface area contributed by atoms with Crippen LogP contribution in [0, 0.1) is 0 Å². The van der Waals surface area contributed by atoms with Crippen molar-refractivity contribution in [2.75, 3.05) is 20.6 Å². The molecule has 22 heavy (non-hydrogen) atoms. The zero-order valence-electron chi connectivity index (χ0n) is 12.5. The topological polar surface area (TPSA) is 45.5 Å². The molecular formula is C16H18Cl2N2O2. The van der Waals surface area contributed by atoms with Crippen LogP contribution >= 0.6 is 23.2 Å². The van der Waals surface area contributed by atoms with Crippen molar-refractivity contribution >= 4 is 29.1 Å². The maximum absolute atomic E-state index is 12.1. The van der Waals surface area contributed by atoms with Crippen LogP contribution < -0.4 is 5.32 Å². The molecule has 1 heterocycles. The van der Waals surface area contributed by atoms with Gasteiger partial charge in [0, 0.05) is 6.54 Å². The molecule has 0 radical (unpaired) electrons. The Morgan fingerprint density at radius 3 is 2.64 bits per heavy atom. The largest absolute Gasteiger partial charge is 0.468 e. The molecule has 2 rings (SSSR count). The van der Waals surface area contributed by atoms with E-state index in [2.05, 4.69) is 5.32 Å². The first-order valence-electron chi connectivity index (χ1n) is 6.88. The van der Waals surface area contributed by atoms with Gasteiger partial charge in [-0.15, -0.1) is 0 Å². The predicted octanol–water partition coefficient (Wildman–Crippen LogP) is 3.55. The molecule has 0 fully saturated rings. The van der Waals surface area contributed by atoms with Gasteiger partial charge < -0.3 is 9.73 Å². The highest BCUT2D eigenvalue weighted by Gasteiger charge is 2.17. The summed E-state index contributed by atoms with van der Waals surface area (Å²) < 4.78 is 5.41. The zero-order valence-corrected chi connectivity index (χ0v) is 14.0. The summed E-state index contributed by atoms with van der Waals surface area (Å²) in [5, 5.41) is 3.85. The Balaban J connectivity index is 1.92. The summed E-state index contributed by atoms with van der Waals surface area (Å²) in [4.78, 5) is 14.1. The van der Waals surface area contributed by atoms with E-state index in [0.717, 1.165) is 11.3 Å². The summed E-state index contributed by atoms with van der Waals surface area (Å²) in [6, 6.07) is 8.92. The molecule has 1 amide bonds.